The van der Waals surface area contributed by atoms with Crippen LogP contribution in [0.1, 0.15) is 18.4 Å². The van der Waals surface area contributed by atoms with Crippen molar-refractivity contribution in [3.05, 3.63) is 33.8 Å². The Balaban J connectivity index is 2.72. The Bertz CT molecular complexity index is 589. The molecule has 1 aromatic rings. The summed E-state index contributed by atoms with van der Waals surface area (Å²) in [7, 11) is -2.09. The normalized spacial score (nSPS) is 11.8. The predicted octanol–water partition coefficient (Wildman–Crippen LogP) is 2.62. The molecule has 0 aliphatic rings. The number of hydrogen-bond donors (Lipinski definition) is 1. The van der Waals surface area contributed by atoms with Gasteiger partial charge in [0.1, 0.15) is 0 Å². The summed E-state index contributed by atoms with van der Waals surface area (Å²) in [5, 5.41) is 9.19. The summed E-state index contributed by atoms with van der Waals surface area (Å²) in [4.78, 5) is 10.4. The number of rotatable bonds is 7. The molecule has 8 heteroatoms. The largest absolute Gasteiger partial charge is 0.481 e. The fraction of sp³-hybridized carbons (Fsp3) is 0.417. The summed E-state index contributed by atoms with van der Waals surface area (Å²) < 4.78 is 25.1. The van der Waals surface area contributed by atoms with E-state index < -0.39 is 16.0 Å². The average molecular weight is 340 g/mol. The molecule has 0 heterocycles. The molecule has 0 aliphatic heterocycles. The molecular formula is C12H15Cl2NO4S. The Hall–Kier alpha value is -0.820. The molecule has 0 unspecified atom stereocenters. The van der Waals surface area contributed by atoms with Gasteiger partial charge in [0.15, 0.2) is 0 Å². The third-order valence-electron chi connectivity index (χ3n) is 2.69. The van der Waals surface area contributed by atoms with Crippen molar-refractivity contribution in [1.29, 1.82) is 0 Å². The molecule has 0 fully saturated rings. The van der Waals surface area contributed by atoms with Gasteiger partial charge in [0, 0.05) is 20.0 Å². The molecule has 0 amide bonds. The lowest BCUT2D eigenvalue weighted by Gasteiger charge is -2.18. The van der Waals surface area contributed by atoms with Crippen LogP contribution in [0.4, 0.5) is 0 Å². The van der Waals surface area contributed by atoms with E-state index in [0.29, 0.717) is 15.6 Å². The van der Waals surface area contributed by atoms with Gasteiger partial charge >= 0.3 is 5.97 Å². The zero-order valence-electron chi connectivity index (χ0n) is 10.8. The number of carboxylic acid groups (broad SMARTS) is 1. The number of nitrogens with zero attached hydrogens (tertiary/aromatic N) is 1. The van der Waals surface area contributed by atoms with Gasteiger partial charge in [0.2, 0.25) is 10.0 Å². The van der Waals surface area contributed by atoms with E-state index in [1.165, 1.54) is 7.05 Å². The van der Waals surface area contributed by atoms with Crippen LogP contribution in [-0.4, -0.2) is 36.6 Å². The molecular weight excluding hydrogens is 325 g/mol. The van der Waals surface area contributed by atoms with Gasteiger partial charge in [-0.05, 0) is 18.1 Å². The SMILES string of the molecule is CN(Cc1cccc(Cl)c1Cl)S(=O)(=O)CCCC(=O)O. The van der Waals surface area contributed by atoms with E-state index in [9.17, 15) is 13.2 Å². The quantitative estimate of drug-likeness (QED) is 0.828. The first-order valence-electron chi connectivity index (χ1n) is 5.82. The fourth-order valence-corrected chi connectivity index (χ4v) is 3.11. The van der Waals surface area contributed by atoms with Crippen LogP contribution in [0.5, 0.6) is 0 Å². The third-order valence-corrected chi connectivity index (χ3v) is 5.43. The Morgan fingerprint density at radius 3 is 2.60 bits per heavy atom. The van der Waals surface area contributed by atoms with Gasteiger partial charge in [-0.1, -0.05) is 35.3 Å². The van der Waals surface area contributed by atoms with Gasteiger partial charge < -0.3 is 5.11 Å². The summed E-state index contributed by atoms with van der Waals surface area (Å²) in [6, 6.07) is 5.00. The highest BCUT2D eigenvalue weighted by Crippen LogP contribution is 2.26. The molecule has 1 aromatic carbocycles. The summed E-state index contributed by atoms with van der Waals surface area (Å²) in [6.45, 7) is 0.0921. The number of benzene rings is 1. The van der Waals surface area contributed by atoms with E-state index in [4.69, 9.17) is 28.3 Å². The van der Waals surface area contributed by atoms with Crippen molar-refractivity contribution >= 4 is 39.2 Å². The fourth-order valence-electron chi connectivity index (χ4n) is 1.57. The number of sulfonamides is 1. The molecule has 1 rings (SSSR count). The second kappa shape index (κ2) is 7.26. The lowest BCUT2D eigenvalue weighted by molar-refractivity contribution is -0.137. The van der Waals surface area contributed by atoms with Crippen LogP contribution in [0.15, 0.2) is 18.2 Å². The van der Waals surface area contributed by atoms with Crippen molar-refractivity contribution in [2.75, 3.05) is 12.8 Å². The van der Waals surface area contributed by atoms with Crippen LogP contribution < -0.4 is 0 Å². The Kier molecular flexibility index (Phi) is 6.26. The van der Waals surface area contributed by atoms with E-state index in [1.807, 2.05) is 0 Å². The third kappa shape index (κ3) is 4.94. The average Bonchev–Trinajstić information content (AvgIpc) is 2.34. The van der Waals surface area contributed by atoms with E-state index in [1.54, 1.807) is 18.2 Å². The van der Waals surface area contributed by atoms with Gasteiger partial charge in [0.25, 0.3) is 0 Å². The zero-order valence-corrected chi connectivity index (χ0v) is 13.2. The summed E-state index contributed by atoms with van der Waals surface area (Å²) in [5.74, 6) is -1.23. The van der Waals surface area contributed by atoms with Gasteiger partial charge in [-0.2, -0.15) is 0 Å². The van der Waals surface area contributed by atoms with Crippen LogP contribution >= 0.6 is 23.2 Å². The molecule has 0 saturated heterocycles. The Morgan fingerprint density at radius 2 is 2.00 bits per heavy atom. The van der Waals surface area contributed by atoms with Gasteiger partial charge in [-0.25, -0.2) is 12.7 Å². The van der Waals surface area contributed by atoms with Gasteiger partial charge in [-0.15, -0.1) is 0 Å². The van der Waals surface area contributed by atoms with Crippen molar-refractivity contribution in [3.63, 3.8) is 0 Å². The number of halogens is 2. The van der Waals surface area contributed by atoms with Crippen molar-refractivity contribution in [2.45, 2.75) is 19.4 Å². The van der Waals surface area contributed by atoms with Crippen molar-refractivity contribution in [3.8, 4) is 0 Å². The minimum Gasteiger partial charge on any atom is -0.481 e. The molecule has 0 aliphatic carbocycles. The number of hydrogen-bond acceptors (Lipinski definition) is 3. The minimum atomic E-state index is -3.52. The van der Waals surface area contributed by atoms with Crippen molar-refractivity contribution in [2.24, 2.45) is 0 Å². The standard InChI is InChI=1S/C12H15Cl2NO4S/c1-15(20(18,19)7-3-6-11(16)17)8-9-4-2-5-10(13)12(9)14/h2,4-5H,3,6-8H2,1H3,(H,16,17). The maximum absolute atomic E-state index is 12.0. The van der Waals surface area contributed by atoms with E-state index >= 15 is 0 Å². The van der Waals surface area contributed by atoms with Gasteiger partial charge in [-0.3, -0.25) is 4.79 Å². The molecule has 0 bridgehead atoms. The Morgan fingerprint density at radius 1 is 1.35 bits per heavy atom. The predicted molar refractivity (Wildman–Crippen MR) is 78.6 cm³/mol. The topological polar surface area (TPSA) is 74.7 Å². The molecule has 0 radical (unpaired) electrons. The molecule has 20 heavy (non-hydrogen) atoms. The second-order valence-electron chi connectivity index (χ2n) is 4.28. The van der Waals surface area contributed by atoms with Crippen molar-refractivity contribution < 1.29 is 18.3 Å². The van der Waals surface area contributed by atoms with Crippen molar-refractivity contribution in [1.82, 2.24) is 4.31 Å². The molecule has 0 aromatic heterocycles. The first kappa shape index (κ1) is 17.2. The highest BCUT2D eigenvalue weighted by atomic mass is 35.5. The maximum Gasteiger partial charge on any atom is 0.303 e. The Labute approximate surface area is 128 Å². The van der Waals surface area contributed by atoms with Crippen LogP contribution in [-0.2, 0) is 21.4 Å². The lowest BCUT2D eigenvalue weighted by atomic mass is 10.2. The van der Waals surface area contributed by atoms with E-state index in [0.717, 1.165) is 4.31 Å². The van der Waals surface area contributed by atoms with Crippen LogP contribution in [0.3, 0.4) is 0 Å². The molecule has 5 nitrogen and oxygen atoms in total. The van der Waals surface area contributed by atoms with Crippen LogP contribution in [0.25, 0.3) is 0 Å². The lowest BCUT2D eigenvalue weighted by Crippen LogP contribution is -2.29. The zero-order chi connectivity index (χ0) is 15.3. The van der Waals surface area contributed by atoms with E-state index in [2.05, 4.69) is 0 Å². The summed E-state index contributed by atoms with van der Waals surface area (Å²) >= 11 is 11.9. The van der Waals surface area contributed by atoms with Crippen LogP contribution in [0.2, 0.25) is 10.0 Å². The highest BCUT2D eigenvalue weighted by Gasteiger charge is 2.19. The summed E-state index contributed by atoms with van der Waals surface area (Å²) in [6.07, 6.45) is -0.101. The van der Waals surface area contributed by atoms with Crippen LogP contribution in [0, 0.1) is 0 Å². The highest BCUT2D eigenvalue weighted by molar-refractivity contribution is 7.89. The second-order valence-corrected chi connectivity index (χ2v) is 7.26. The molecule has 0 saturated carbocycles. The maximum atomic E-state index is 12.0. The minimum absolute atomic E-state index is 0.0747. The smallest absolute Gasteiger partial charge is 0.303 e. The molecule has 1 N–H and O–H groups in total. The number of carboxylic acids is 1. The molecule has 0 spiro atoms. The molecule has 0 atom stereocenters. The number of carbonyl (C=O) groups is 1. The first-order valence-corrected chi connectivity index (χ1v) is 8.19. The number of aliphatic carboxylic acids is 1. The van der Waals surface area contributed by atoms with E-state index in [-0.39, 0.29) is 25.1 Å². The first-order chi connectivity index (χ1) is 9.24. The summed E-state index contributed by atoms with van der Waals surface area (Å²) in [5.41, 5.74) is 0.600. The monoisotopic (exact) mass is 339 g/mol. The van der Waals surface area contributed by atoms with Gasteiger partial charge in [0.05, 0.1) is 15.8 Å². The molecule has 112 valence electrons.